The molecule has 0 unspecified atom stereocenters. The Balaban J connectivity index is 1.42. The van der Waals surface area contributed by atoms with Crippen LogP contribution in [0.15, 0.2) is 42.7 Å². The minimum absolute atomic E-state index is 0.114. The molecule has 3 rings (SSSR count). The van der Waals surface area contributed by atoms with Crippen LogP contribution in [0.4, 0.5) is 0 Å². The first kappa shape index (κ1) is 18.6. The molecule has 6 nitrogen and oxygen atoms in total. The number of likely N-dealkylation sites (tertiary alicyclic amines) is 1. The summed E-state index contributed by atoms with van der Waals surface area (Å²) in [6, 6.07) is 10.1. The van der Waals surface area contributed by atoms with Gasteiger partial charge in [-0.3, -0.25) is 9.69 Å². The molecule has 0 bridgehead atoms. The summed E-state index contributed by atoms with van der Waals surface area (Å²) in [5.74, 6) is 1.35. The molecule has 1 aromatic carbocycles. The maximum absolute atomic E-state index is 12.4. The molecule has 1 aliphatic heterocycles. The van der Waals surface area contributed by atoms with E-state index in [4.69, 9.17) is 4.74 Å². The summed E-state index contributed by atoms with van der Waals surface area (Å²) in [6.07, 6.45) is 5.64. The fourth-order valence-corrected chi connectivity index (χ4v) is 3.37. The number of piperidine rings is 1. The van der Waals surface area contributed by atoms with Crippen molar-refractivity contribution in [2.24, 2.45) is 5.92 Å². The van der Waals surface area contributed by atoms with Crippen molar-refractivity contribution in [2.45, 2.75) is 32.5 Å². The smallest absolute Gasteiger partial charge is 0.223 e. The number of carbonyl (C=O) groups is 1. The van der Waals surface area contributed by atoms with Crippen LogP contribution >= 0.6 is 0 Å². The lowest BCUT2D eigenvalue weighted by atomic mass is 9.96. The standard InChI is InChI=1S/C20H28N4O2/c1-26-14-13-24-12-9-21-19(24)16-23-10-7-18(8-11-23)20(25)22-15-17-5-3-2-4-6-17/h2-6,9,12,18H,7-8,10-11,13-16H2,1H3,(H,22,25). The molecule has 0 radical (unpaired) electrons. The first-order valence-corrected chi connectivity index (χ1v) is 9.29. The van der Waals surface area contributed by atoms with Crippen molar-refractivity contribution in [1.29, 1.82) is 0 Å². The van der Waals surface area contributed by atoms with Crippen LogP contribution in [0.2, 0.25) is 0 Å². The van der Waals surface area contributed by atoms with Crippen molar-refractivity contribution in [1.82, 2.24) is 19.8 Å². The highest BCUT2D eigenvalue weighted by atomic mass is 16.5. The zero-order valence-electron chi connectivity index (χ0n) is 15.4. The van der Waals surface area contributed by atoms with Crippen LogP contribution in [0, 0.1) is 5.92 Å². The second-order valence-electron chi connectivity index (χ2n) is 6.78. The number of rotatable bonds is 8. The molecule has 26 heavy (non-hydrogen) atoms. The number of nitrogens with one attached hydrogen (secondary N) is 1. The van der Waals surface area contributed by atoms with Gasteiger partial charge in [0.1, 0.15) is 5.82 Å². The van der Waals surface area contributed by atoms with Crippen LogP contribution in [-0.4, -0.2) is 47.2 Å². The van der Waals surface area contributed by atoms with E-state index in [0.717, 1.165) is 50.4 Å². The molecule has 6 heteroatoms. The topological polar surface area (TPSA) is 59.4 Å². The van der Waals surface area contributed by atoms with Gasteiger partial charge in [-0.25, -0.2) is 4.98 Å². The van der Waals surface area contributed by atoms with Gasteiger partial charge in [-0.2, -0.15) is 0 Å². The van der Waals surface area contributed by atoms with E-state index in [1.165, 1.54) is 0 Å². The van der Waals surface area contributed by atoms with E-state index in [2.05, 4.69) is 19.8 Å². The normalized spacial score (nSPS) is 15.9. The lowest BCUT2D eigenvalue weighted by molar-refractivity contribution is -0.126. The van der Waals surface area contributed by atoms with Gasteiger partial charge < -0.3 is 14.6 Å². The number of carbonyl (C=O) groups excluding carboxylic acids is 1. The summed E-state index contributed by atoms with van der Waals surface area (Å²) >= 11 is 0. The molecule has 1 fully saturated rings. The molecule has 1 aliphatic rings. The van der Waals surface area contributed by atoms with Crippen molar-refractivity contribution in [3.05, 3.63) is 54.1 Å². The summed E-state index contributed by atoms with van der Waals surface area (Å²) in [5, 5.41) is 3.07. The number of ether oxygens (including phenoxy) is 1. The van der Waals surface area contributed by atoms with E-state index in [0.29, 0.717) is 13.2 Å². The third-order valence-electron chi connectivity index (χ3n) is 4.97. The number of hydrogen-bond acceptors (Lipinski definition) is 4. The van der Waals surface area contributed by atoms with Gasteiger partial charge in [-0.1, -0.05) is 30.3 Å². The molecule has 0 spiro atoms. The fraction of sp³-hybridized carbons (Fsp3) is 0.500. The summed E-state index contributed by atoms with van der Waals surface area (Å²) in [6.45, 7) is 4.81. The molecule has 1 saturated heterocycles. The Morgan fingerprint density at radius 1 is 1.27 bits per heavy atom. The van der Waals surface area contributed by atoms with E-state index >= 15 is 0 Å². The Bertz CT molecular complexity index is 678. The molecule has 140 valence electrons. The number of amides is 1. The van der Waals surface area contributed by atoms with Crippen molar-refractivity contribution in [3.8, 4) is 0 Å². The fourth-order valence-electron chi connectivity index (χ4n) is 3.37. The van der Waals surface area contributed by atoms with Gasteiger partial charge in [-0.05, 0) is 31.5 Å². The highest BCUT2D eigenvalue weighted by molar-refractivity contribution is 5.78. The predicted molar refractivity (Wildman–Crippen MR) is 100 cm³/mol. The lowest BCUT2D eigenvalue weighted by Gasteiger charge is -2.31. The van der Waals surface area contributed by atoms with Crippen LogP contribution in [-0.2, 0) is 29.2 Å². The van der Waals surface area contributed by atoms with Gasteiger partial charge in [0.15, 0.2) is 0 Å². The molecule has 1 aromatic heterocycles. The summed E-state index contributed by atoms with van der Waals surface area (Å²) in [4.78, 5) is 19.3. The van der Waals surface area contributed by atoms with E-state index in [9.17, 15) is 4.79 Å². The summed E-state index contributed by atoms with van der Waals surface area (Å²) in [7, 11) is 1.71. The molecule has 0 saturated carbocycles. The number of methoxy groups -OCH3 is 1. The molecular weight excluding hydrogens is 328 g/mol. The molecule has 1 amide bonds. The van der Waals surface area contributed by atoms with Gasteiger partial charge >= 0.3 is 0 Å². The van der Waals surface area contributed by atoms with E-state index in [1.807, 2.05) is 42.7 Å². The van der Waals surface area contributed by atoms with Crippen molar-refractivity contribution in [2.75, 3.05) is 26.8 Å². The quantitative estimate of drug-likeness (QED) is 0.787. The second kappa shape index (κ2) is 9.50. The van der Waals surface area contributed by atoms with Crippen molar-refractivity contribution in [3.63, 3.8) is 0 Å². The highest BCUT2D eigenvalue weighted by Crippen LogP contribution is 2.19. The Kier molecular flexibility index (Phi) is 6.80. The van der Waals surface area contributed by atoms with Gasteiger partial charge in [0, 0.05) is 38.5 Å². The molecule has 1 N–H and O–H groups in total. The largest absolute Gasteiger partial charge is 0.383 e. The minimum atomic E-state index is 0.114. The van der Waals surface area contributed by atoms with Crippen LogP contribution in [0.25, 0.3) is 0 Å². The SMILES string of the molecule is COCCn1ccnc1CN1CCC(C(=O)NCc2ccccc2)CC1. The van der Waals surface area contributed by atoms with Gasteiger partial charge in [0.05, 0.1) is 13.2 Å². The first-order chi connectivity index (χ1) is 12.8. The van der Waals surface area contributed by atoms with Crippen LogP contribution < -0.4 is 5.32 Å². The predicted octanol–water partition coefficient (Wildman–Crippen LogP) is 2.06. The van der Waals surface area contributed by atoms with Gasteiger partial charge in [0.25, 0.3) is 0 Å². The summed E-state index contributed by atoms with van der Waals surface area (Å²) in [5.41, 5.74) is 1.14. The second-order valence-corrected chi connectivity index (χ2v) is 6.78. The molecule has 2 heterocycles. The number of hydrogen-bond donors (Lipinski definition) is 1. The average Bonchev–Trinajstić information content (AvgIpc) is 3.12. The molecule has 0 aliphatic carbocycles. The van der Waals surface area contributed by atoms with E-state index in [1.54, 1.807) is 7.11 Å². The number of nitrogens with zero attached hydrogens (tertiary/aromatic N) is 3. The van der Waals surface area contributed by atoms with Gasteiger partial charge in [0.2, 0.25) is 5.91 Å². The molecular formula is C20H28N4O2. The van der Waals surface area contributed by atoms with E-state index in [-0.39, 0.29) is 11.8 Å². The lowest BCUT2D eigenvalue weighted by Crippen LogP contribution is -2.40. The minimum Gasteiger partial charge on any atom is -0.383 e. The van der Waals surface area contributed by atoms with Crippen LogP contribution in [0.5, 0.6) is 0 Å². The zero-order valence-corrected chi connectivity index (χ0v) is 15.4. The van der Waals surface area contributed by atoms with E-state index < -0.39 is 0 Å². The Labute approximate surface area is 155 Å². The molecule has 0 atom stereocenters. The number of aromatic nitrogens is 2. The maximum Gasteiger partial charge on any atom is 0.223 e. The van der Waals surface area contributed by atoms with Crippen LogP contribution in [0.1, 0.15) is 24.2 Å². The molecule has 2 aromatic rings. The van der Waals surface area contributed by atoms with Crippen molar-refractivity contribution < 1.29 is 9.53 Å². The number of imidazole rings is 1. The van der Waals surface area contributed by atoms with Crippen LogP contribution in [0.3, 0.4) is 0 Å². The Hall–Kier alpha value is -2.18. The maximum atomic E-state index is 12.4. The summed E-state index contributed by atoms with van der Waals surface area (Å²) < 4.78 is 7.29. The monoisotopic (exact) mass is 356 g/mol. The number of benzene rings is 1. The van der Waals surface area contributed by atoms with Gasteiger partial charge in [-0.15, -0.1) is 0 Å². The van der Waals surface area contributed by atoms with Crippen molar-refractivity contribution >= 4 is 5.91 Å². The third kappa shape index (κ3) is 5.16. The average molecular weight is 356 g/mol. The Morgan fingerprint density at radius 3 is 2.77 bits per heavy atom. The third-order valence-corrected chi connectivity index (χ3v) is 4.97. The zero-order chi connectivity index (χ0) is 18.2. The highest BCUT2D eigenvalue weighted by Gasteiger charge is 2.25. The Morgan fingerprint density at radius 2 is 2.04 bits per heavy atom. The first-order valence-electron chi connectivity index (χ1n) is 9.29.